The molecular weight excluding hydrogens is 219 g/mol. The number of hydrogen-bond donors (Lipinski definition) is 2. The minimum Gasteiger partial charge on any atom is -0.327 e. The second kappa shape index (κ2) is 4.45. The van der Waals surface area contributed by atoms with Crippen LogP contribution in [0.2, 0.25) is 0 Å². The molecule has 4 heteroatoms. The molecule has 1 fully saturated rings. The van der Waals surface area contributed by atoms with Gasteiger partial charge >= 0.3 is 0 Å². The van der Waals surface area contributed by atoms with Gasteiger partial charge in [-0.15, -0.1) is 0 Å². The molecule has 0 aliphatic heterocycles. The summed E-state index contributed by atoms with van der Waals surface area (Å²) < 4.78 is 13.4. The molecule has 2 unspecified atom stereocenters. The van der Waals surface area contributed by atoms with Crippen molar-refractivity contribution in [1.82, 2.24) is 0 Å². The second-order valence-corrected chi connectivity index (χ2v) is 4.85. The van der Waals surface area contributed by atoms with Crippen molar-refractivity contribution in [1.29, 1.82) is 0 Å². The summed E-state index contributed by atoms with van der Waals surface area (Å²) in [5.74, 6) is -0.608. The van der Waals surface area contributed by atoms with Crippen molar-refractivity contribution in [2.45, 2.75) is 32.2 Å². The normalized spacial score (nSPS) is 28.1. The Morgan fingerprint density at radius 2 is 2.24 bits per heavy atom. The topological polar surface area (TPSA) is 55.1 Å². The van der Waals surface area contributed by atoms with Crippen LogP contribution in [0.4, 0.5) is 10.1 Å². The minimum atomic E-state index is -0.581. The molecule has 1 aliphatic rings. The van der Waals surface area contributed by atoms with Crippen molar-refractivity contribution < 1.29 is 9.18 Å². The van der Waals surface area contributed by atoms with Crippen LogP contribution in [0.5, 0.6) is 0 Å². The summed E-state index contributed by atoms with van der Waals surface area (Å²) in [5, 5.41) is 2.63. The van der Waals surface area contributed by atoms with Crippen LogP contribution in [0, 0.1) is 11.2 Å². The van der Waals surface area contributed by atoms with Gasteiger partial charge in [0.25, 0.3) is 0 Å². The molecule has 1 amide bonds. The lowest BCUT2D eigenvalue weighted by Crippen LogP contribution is -2.44. The Balaban J connectivity index is 2.15. The van der Waals surface area contributed by atoms with Gasteiger partial charge in [-0.2, -0.15) is 0 Å². The number of amides is 1. The van der Waals surface area contributed by atoms with E-state index >= 15 is 0 Å². The molecule has 1 aliphatic carbocycles. The molecule has 0 aromatic heterocycles. The van der Waals surface area contributed by atoms with Gasteiger partial charge in [0.15, 0.2) is 0 Å². The van der Waals surface area contributed by atoms with Gasteiger partial charge in [0.1, 0.15) is 5.82 Å². The van der Waals surface area contributed by atoms with Crippen molar-refractivity contribution in [3.8, 4) is 0 Å². The molecule has 0 bridgehead atoms. The third-order valence-corrected chi connectivity index (χ3v) is 3.67. The number of anilines is 1. The number of halogens is 1. The van der Waals surface area contributed by atoms with Gasteiger partial charge in [0, 0.05) is 6.04 Å². The number of nitrogens with one attached hydrogen (secondary N) is 1. The molecule has 17 heavy (non-hydrogen) atoms. The molecule has 2 atom stereocenters. The van der Waals surface area contributed by atoms with Crippen molar-refractivity contribution >= 4 is 11.6 Å². The molecule has 1 aromatic rings. The highest BCUT2D eigenvalue weighted by Crippen LogP contribution is 2.37. The van der Waals surface area contributed by atoms with Crippen LogP contribution in [0.3, 0.4) is 0 Å². The number of nitrogens with two attached hydrogens (primary N) is 1. The molecule has 92 valence electrons. The van der Waals surface area contributed by atoms with E-state index in [4.69, 9.17) is 5.73 Å². The van der Waals surface area contributed by atoms with E-state index in [9.17, 15) is 9.18 Å². The molecule has 1 aromatic carbocycles. The molecule has 3 nitrogen and oxygen atoms in total. The van der Waals surface area contributed by atoms with Crippen LogP contribution in [0.1, 0.15) is 26.2 Å². The molecule has 2 rings (SSSR count). The summed E-state index contributed by atoms with van der Waals surface area (Å²) in [7, 11) is 0. The van der Waals surface area contributed by atoms with Crippen LogP contribution in [-0.2, 0) is 4.79 Å². The maximum atomic E-state index is 13.4. The van der Waals surface area contributed by atoms with Crippen molar-refractivity contribution in [3.63, 3.8) is 0 Å². The number of para-hydroxylation sites is 1. The van der Waals surface area contributed by atoms with E-state index in [-0.39, 0.29) is 17.6 Å². The predicted molar refractivity (Wildman–Crippen MR) is 65.0 cm³/mol. The van der Waals surface area contributed by atoms with Gasteiger partial charge in [0.05, 0.1) is 11.1 Å². The van der Waals surface area contributed by atoms with E-state index in [1.54, 1.807) is 18.2 Å². The highest BCUT2D eigenvalue weighted by molar-refractivity contribution is 5.95. The highest BCUT2D eigenvalue weighted by atomic mass is 19.1. The Bertz CT molecular complexity index is 435. The van der Waals surface area contributed by atoms with Crippen LogP contribution < -0.4 is 11.1 Å². The van der Waals surface area contributed by atoms with E-state index in [2.05, 4.69) is 5.32 Å². The first kappa shape index (κ1) is 12.0. The third kappa shape index (κ3) is 2.17. The molecule has 3 N–H and O–H groups in total. The number of benzene rings is 1. The zero-order valence-corrected chi connectivity index (χ0v) is 9.87. The summed E-state index contributed by atoms with van der Waals surface area (Å²) in [6.45, 7) is 1.85. The fourth-order valence-corrected chi connectivity index (χ4v) is 2.30. The Morgan fingerprint density at radius 1 is 1.53 bits per heavy atom. The maximum absolute atomic E-state index is 13.4. The number of carbonyl (C=O) groups is 1. The van der Waals surface area contributed by atoms with E-state index in [1.807, 2.05) is 6.92 Å². The molecule has 0 saturated heterocycles. The summed E-state index contributed by atoms with van der Waals surface area (Å²) in [6, 6.07) is 6.02. The summed E-state index contributed by atoms with van der Waals surface area (Å²) in [6.07, 6.45) is 2.55. The predicted octanol–water partition coefficient (Wildman–Crippen LogP) is 2.28. The van der Waals surface area contributed by atoms with Crippen LogP contribution in [0.25, 0.3) is 0 Å². The lowest BCUT2D eigenvalue weighted by molar-refractivity contribution is -0.125. The molecule has 0 heterocycles. The standard InChI is InChI=1S/C13H17FN2O/c1-13(8-4-7-11(13)15)12(17)16-10-6-3-2-5-9(10)14/h2-3,5-6,11H,4,7-8,15H2,1H3,(H,16,17). The van der Waals surface area contributed by atoms with Crippen molar-refractivity contribution in [2.75, 3.05) is 5.32 Å². The lowest BCUT2D eigenvalue weighted by Gasteiger charge is -2.27. The van der Waals surface area contributed by atoms with E-state index < -0.39 is 11.2 Å². The monoisotopic (exact) mass is 236 g/mol. The SMILES string of the molecule is CC1(C(=O)Nc2ccccc2F)CCCC1N. The van der Waals surface area contributed by atoms with Crippen molar-refractivity contribution in [2.24, 2.45) is 11.1 Å². The van der Waals surface area contributed by atoms with E-state index in [0.29, 0.717) is 0 Å². The number of rotatable bonds is 2. The van der Waals surface area contributed by atoms with Crippen molar-refractivity contribution in [3.05, 3.63) is 30.1 Å². The number of carbonyl (C=O) groups excluding carboxylic acids is 1. The Kier molecular flexibility index (Phi) is 3.15. The quantitative estimate of drug-likeness (QED) is 0.827. The van der Waals surface area contributed by atoms with Gasteiger partial charge in [-0.3, -0.25) is 4.79 Å². The highest BCUT2D eigenvalue weighted by Gasteiger charge is 2.43. The molecule has 0 spiro atoms. The third-order valence-electron chi connectivity index (χ3n) is 3.67. The smallest absolute Gasteiger partial charge is 0.231 e. The fourth-order valence-electron chi connectivity index (χ4n) is 2.30. The van der Waals surface area contributed by atoms with Crippen LogP contribution in [-0.4, -0.2) is 11.9 Å². The average molecular weight is 236 g/mol. The van der Waals surface area contributed by atoms with Gasteiger partial charge in [-0.05, 0) is 31.9 Å². The molecule has 1 saturated carbocycles. The molecular formula is C13H17FN2O. The van der Waals surface area contributed by atoms with E-state index in [0.717, 1.165) is 19.3 Å². The Hall–Kier alpha value is -1.42. The first-order valence-corrected chi connectivity index (χ1v) is 5.85. The maximum Gasteiger partial charge on any atom is 0.231 e. The summed E-state index contributed by atoms with van der Waals surface area (Å²) in [4.78, 5) is 12.1. The van der Waals surface area contributed by atoms with Gasteiger partial charge in [-0.1, -0.05) is 18.6 Å². The average Bonchev–Trinajstić information content (AvgIpc) is 2.64. The van der Waals surface area contributed by atoms with Gasteiger partial charge < -0.3 is 11.1 Å². The Labute approximate surface area is 100 Å². The summed E-state index contributed by atoms with van der Waals surface area (Å²) >= 11 is 0. The summed E-state index contributed by atoms with van der Waals surface area (Å²) in [5.41, 5.74) is 5.59. The van der Waals surface area contributed by atoms with Crippen LogP contribution >= 0.6 is 0 Å². The fraction of sp³-hybridized carbons (Fsp3) is 0.462. The molecule has 0 radical (unpaired) electrons. The van der Waals surface area contributed by atoms with Crippen LogP contribution in [0.15, 0.2) is 24.3 Å². The Morgan fingerprint density at radius 3 is 2.82 bits per heavy atom. The first-order chi connectivity index (χ1) is 8.04. The second-order valence-electron chi connectivity index (χ2n) is 4.85. The van der Waals surface area contributed by atoms with Gasteiger partial charge in [-0.25, -0.2) is 4.39 Å². The zero-order valence-electron chi connectivity index (χ0n) is 9.87. The largest absolute Gasteiger partial charge is 0.327 e. The van der Waals surface area contributed by atoms with Gasteiger partial charge in [0.2, 0.25) is 5.91 Å². The minimum absolute atomic E-state index is 0.144. The van der Waals surface area contributed by atoms with E-state index in [1.165, 1.54) is 6.07 Å². The lowest BCUT2D eigenvalue weighted by atomic mass is 9.84. The number of hydrogen-bond acceptors (Lipinski definition) is 2. The zero-order chi connectivity index (χ0) is 12.5. The first-order valence-electron chi connectivity index (χ1n) is 5.85.